The molecule has 0 spiro atoms. The van der Waals surface area contributed by atoms with E-state index in [0.29, 0.717) is 10.7 Å². The maximum absolute atomic E-state index is 12.5. The van der Waals surface area contributed by atoms with Gasteiger partial charge in [0.2, 0.25) is 0 Å². The van der Waals surface area contributed by atoms with E-state index in [4.69, 9.17) is 12.2 Å². The second-order valence-electron chi connectivity index (χ2n) is 6.94. The average molecular weight is 410 g/mol. The predicted octanol–water partition coefficient (Wildman–Crippen LogP) is 4.34. The standard InChI is InChI=1S/C22H27N5OS/c1-4-6-7-16-8-11-18(12-9-16)24-22(29)26-25-21(28)17-10-13-20-19(14-17)23-15(3)27(20)5-2/h8-14H,4-7H2,1-3H3,(H,25,28)(H2,24,26,29). The zero-order valence-corrected chi connectivity index (χ0v) is 17.9. The highest BCUT2D eigenvalue weighted by atomic mass is 32.1. The third-order valence-electron chi connectivity index (χ3n) is 4.84. The summed E-state index contributed by atoms with van der Waals surface area (Å²) >= 11 is 5.27. The third-order valence-corrected chi connectivity index (χ3v) is 5.04. The fourth-order valence-corrected chi connectivity index (χ4v) is 3.44. The molecule has 0 aliphatic rings. The first-order valence-electron chi connectivity index (χ1n) is 9.95. The first-order valence-corrected chi connectivity index (χ1v) is 10.4. The molecule has 3 N–H and O–H groups in total. The summed E-state index contributed by atoms with van der Waals surface area (Å²) in [6.45, 7) is 7.07. The van der Waals surface area contributed by atoms with Gasteiger partial charge in [0, 0.05) is 17.8 Å². The number of thiocarbonyl (C=S) groups is 1. The highest BCUT2D eigenvalue weighted by Gasteiger charge is 2.11. The number of fused-ring (bicyclic) bond motifs is 1. The molecular weight excluding hydrogens is 382 g/mol. The van der Waals surface area contributed by atoms with Crippen molar-refractivity contribution in [1.82, 2.24) is 20.4 Å². The van der Waals surface area contributed by atoms with E-state index in [1.807, 2.05) is 25.1 Å². The van der Waals surface area contributed by atoms with Crippen LogP contribution in [0.4, 0.5) is 5.69 Å². The number of nitrogens with zero attached hydrogens (tertiary/aromatic N) is 2. The number of benzene rings is 2. The number of hydrogen-bond acceptors (Lipinski definition) is 3. The summed E-state index contributed by atoms with van der Waals surface area (Å²) in [5.74, 6) is 0.666. The number of aryl methyl sites for hydroxylation is 3. The molecule has 2 aromatic carbocycles. The smallest absolute Gasteiger partial charge is 0.269 e. The number of hydrazine groups is 1. The number of carbonyl (C=O) groups is 1. The van der Waals surface area contributed by atoms with Crippen LogP contribution in [0.2, 0.25) is 0 Å². The Balaban J connectivity index is 1.56. The molecule has 3 aromatic rings. The van der Waals surface area contributed by atoms with Crippen molar-refractivity contribution in [2.24, 2.45) is 0 Å². The molecule has 0 aliphatic heterocycles. The Hall–Kier alpha value is -2.93. The maximum Gasteiger partial charge on any atom is 0.269 e. The van der Waals surface area contributed by atoms with Gasteiger partial charge >= 0.3 is 0 Å². The molecule has 29 heavy (non-hydrogen) atoms. The molecule has 0 bridgehead atoms. The first kappa shape index (κ1) is 20.8. The molecule has 0 atom stereocenters. The van der Waals surface area contributed by atoms with Crippen molar-refractivity contribution in [3.63, 3.8) is 0 Å². The van der Waals surface area contributed by atoms with E-state index in [0.717, 1.165) is 35.5 Å². The maximum atomic E-state index is 12.5. The lowest BCUT2D eigenvalue weighted by Crippen LogP contribution is -2.43. The number of carbonyl (C=O) groups excluding carboxylic acids is 1. The van der Waals surface area contributed by atoms with Crippen LogP contribution < -0.4 is 16.2 Å². The van der Waals surface area contributed by atoms with Crippen molar-refractivity contribution in [2.75, 3.05) is 5.32 Å². The monoisotopic (exact) mass is 409 g/mol. The Morgan fingerprint density at radius 3 is 2.55 bits per heavy atom. The van der Waals surface area contributed by atoms with Gasteiger partial charge in [-0.2, -0.15) is 0 Å². The van der Waals surface area contributed by atoms with Crippen LogP contribution in [0.1, 0.15) is 48.4 Å². The Kier molecular flexibility index (Phi) is 6.82. The van der Waals surface area contributed by atoms with Gasteiger partial charge in [-0.25, -0.2) is 4.98 Å². The number of unbranched alkanes of at least 4 members (excludes halogenated alkanes) is 1. The molecule has 0 saturated heterocycles. The highest BCUT2D eigenvalue weighted by molar-refractivity contribution is 7.80. The molecule has 1 amide bonds. The van der Waals surface area contributed by atoms with Crippen LogP contribution in [0.25, 0.3) is 11.0 Å². The average Bonchev–Trinajstić information content (AvgIpc) is 3.05. The lowest BCUT2D eigenvalue weighted by molar-refractivity contribution is 0.0944. The van der Waals surface area contributed by atoms with Crippen molar-refractivity contribution >= 4 is 40.0 Å². The first-order chi connectivity index (χ1) is 14.0. The molecule has 0 fully saturated rings. The summed E-state index contributed by atoms with van der Waals surface area (Å²) in [6.07, 6.45) is 3.44. The Morgan fingerprint density at radius 1 is 1.10 bits per heavy atom. The Morgan fingerprint density at radius 2 is 1.86 bits per heavy atom. The molecule has 0 aliphatic carbocycles. The largest absolute Gasteiger partial charge is 0.331 e. The van der Waals surface area contributed by atoms with Gasteiger partial charge in [-0.1, -0.05) is 25.5 Å². The molecule has 7 heteroatoms. The van der Waals surface area contributed by atoms with Crippen molar-refractivity contribution in [2.45, 2.75) is 46.6 Å². The second-order valence-corrected chi connectivity index (χ2v) is 7.35. The summed E-state index contributed by atoms with van der Waals surface area (Å²) in [6, 6.07) is 13.7. The van der Waals surface area contributed by atoms with Gasteiger partial charge in [0.25, 0.3) is 5.91 Å². The minimum atomic E-state index is -0.269. The summed E-state index contributed by atoms with van der Waals surface area (Å²) in [5, 5.41) is 3.40. The molecular formula is C22H27N5OS. The van der Waals surface area contributed by atoms with Crippen molar-refractivity contribution in [3.05, 3.63) is 59.4 Å². The Bertz CT molecular complexity index is 1010. The molecule has 152 valence electrons. The normalized spacial score (nSPS) is 10.7. The molecule has 6 nitrogen and oxygen atoms in total. The van der Waals surface area contributed by atoms with E-state index < -0.39 is 0 Å². The number of rotatable bonds is 6. The number of hydrogen-bond donors (Lipinski definition) is 3. The van der Waals surface area contributed by atoms with Crippen LogP contribution in [0.15, 0.2) is 42.5 Å². The van der Waals surface area contributed by atoms with Gasteiger partial charge in [0.1, 0.15) is 5.82 Å². The third kappa shape index (κ3) is 5.12. The lowest BCUT2D eigenvalue weighted by Gasteiger charge is -2.12. The van der Waals surface area contributed by atoms with Crippen LogP contribution in [0, 0.1) is 6.92 Å². The zero-order chi connectivity index (χ0) is 20.8. The predicted molar refractivity (Wildman–Crippen MR) is 122 cm³/mol. The fourth-order valence-electron chi connectivity index (χ4n) is 3.27. The number of nitrogens with one attached hydrogen (secondary N) is 3. The van der Waals surface area contributed by atoms with Crippen LogP contribution >= 0.6 is 12.2 Å². The fraction of sp³-hybridized carbons (Fsp3) is 0.318. The Labute approximate surface area is 176 Å². The number of aromatic nitrogens is 2. The van der Waals surface area contributed by atoms with Gasteiger partial charge in [-0.05, 0) is 74.8 Å². The van der Waals surface area contributed by atoms with Crippen molar-refractivity contribution in [1.29, 1.82) is 0 Å². The molecule has 1 aromatic heterocycles. The van der Waals surface area contributed by atoms with Gasteiger partial charge in [0.15, 0.2) is 5.11 Å². The SMILES string of the molecule is CCCCc1ccc(NC(=S)NNC(=O)c2ccc3c(c2)nc(C)n3CC)cc1. The summed E-state index contributed by atoms with van der Waals surface area (Å²) in [4.78, 5) is 17.0. The number of amides is 1. The van der Waals surface area contributed by atoms with Gasteiger partial charge in [0.05, 0.1) is 11.0 Å². The molecule has 0 saturated carbocycles. The number of imidazole rings is 1. The van der Waals surface area contributed by atoms with Crippen LogP contribution in [0.3, 0.4) is 0 Å². The van der Waals surface area contributed by atoms with Crippen LogP contribution in [0.5, 0.6) is 0 Å². The summed E-state index contributed by atoms with van der Waals surface area (Å²) < 4.78 is 2.11. The van der Waals surface area contributed by atoms with Gasteiger partial charge < -0.3 is 9.88 Å². The number of anilines is 1. The molecule has 0 unspecified atom stereocenters. The van der Waals surface area contributed by atoms with Gasteiger partial charge in [-0.3, -0.25) is 15.6 Å². The highest BCUT2D eigenvalue weighted by Crippen LogP contribution is 2.17. The van der Waals surface area contributed by atoms with E-state index in [-0.39, 0.29) is 5.91 Å². The van der Waals surface area contributed by atoms with Crippen LogP contribution in [-0.4, -0.2) is 20.6 Å². The molecule has 0 radical (unpaired) electrons. The van der Waals surface area contributed by atoms with E-state index in [1.54, 1.807) is 12.1 Å². The van der Waals surface area contributed by atoms with E-state index in [1.165, 1.54) is 18.4 Å². The van der Waals surface area contributed by atoms with Gasteiger partial charge in [-0.15, -0.1) is 0 Å². The summed E-state index contributed by atoms with van der Waals surface area (Å²) in [5.41, 5.74) is 9.91. The molecule has 3 rings (SSSR count). The lowest BCUT2D eigenvalue weighted by atomic mass is 10.1. The molecule has 1 heterocycles. The topological polar surface area (TPSA) is 71.0 Å². The minimum absolute atomic E-state index is 0.269. The second kappa shape index (κ2) is 9.52. The van der Waals surface area contributed by atoms with E-state index in [2.05, 4.69) is 51.7 Å². The van der Waals surface area contributed by atoms with Crippen molar-refractivity contribution in [3.8, 4) is 0 Å². The van der Waals surface area contributed by atoms with E-state index >= 15 is 0 Å². The quantitative estimate of drug-likeness (QED) is 0.417. The minimum Gasteiger partial charge on any atom is -0.331 e. The van der Waals surface area contributed by atoms with Crippen LogP contribution in [-0.2, 0) is 13.0 Å². The summed E-state index contributed by atoms with van der Waals surface area (Å²) in [7, 11) is 0. The van der Waals surface area contributed by atoms with Crippen molar-refractivity contribution < 1.29 is 4.79 Å². The zero-order valence-electron chi connectivity index (χ0n) is 17.1. The van der Waals surface area contributed by atoms with E-state index in [9.17, 15) is 4.79 Å².